The topological polar surface area (TPSA) is 57.2 Å². The van der Waals surface area contributed by atoms with E-state index >= 15 is 0 Å². The molecule has 0 aliphatic carbocycles. The number of hydrogen-bond acceptors (Lipinski definition) is 5. The molecule has 0 N–H and O–H groups in total. The Morgan fingerprint density at radius 3 is 2.78 bits per heavy atom. The highest BCUT2D eigenvalue weighted by molar-refractivity contribution is 5.92. The van der Waals surface area contributed by atoms with Crippen molar-refractivity contribution in [3.63, 3.8) is 0 Å². The summed E-state index contributed by atoms with van der Waals surface area (Å²) in [6.45, 7) is -1.34. The third-order valence-electron chi connectivity index (χ3n) is 4.64. The lowest BCUT2D eigenvalue weighted by Gasteiger charge is -2.37. The third-order valence-corrected chi connectivity index (χ3v) is 4.64. The molecule has 6 nitrogen and oxygen atoms in total. The zero-order valence-electron chi connectivity index (χ0n) is 15.1. The number of amides is 1. The molecule has 1 aromatic carbocycles. The summed E-state index contributed by atoms with van der Waals surface area (Å²) in [6.07, 6.45) is 5.14. The zero-order valence-corrected chi connectivity index (χ0v) is 15.1. The van der Waals surface area contributed by atoms with E-state index in [-0.39, 0.29) is 23.4 Å². The van der Waals surface area contributed by atoms with Crippen LogP contribution in [0.2, 0.25) is 0 Å². The Balaban J connectivity index is 1.77. The van der Waals surface area contributed by atoms with Crippen LogP contribution in [0.5, 0.6) is 11.5 Å². The van der Waals surface area contributed by atoms with Crippen LogP contribution in [-0.2, 0) is 14.3 Å². The Morgan fingerprint density at radius 2 is 2.07 bits per heavy atom. The highest BCUT2D eigenvalue weighted by atomic mass is 19.3. The van der Waals surface area contributed by atoms with Crippen LogP contribution in [0.1, 0.15) is 24.8 Å². The van der Waals surface area contributed by atoms with Crippen molar-refractivity contribution in [2.24, 2.45) is 0 Å². The van der Waals surface area contributed by atoms with Gasteiger partial charge < -0.3 is 23.8 Å². The number of likely N-dealkylation sites (tertiary alicyclic amines) is 1. The molecule has 0 spiro atoms. The first-order valence-corrected chi connectivity index (χ1v) is 8.94. The number of benzene rings is 1. The summed E-state index contributed by atoms with van der Waals surface area (Å²) < 4.78 is 46.2. The van der Waals surface area contributed by atoms with Crippen LogP contribution in [0.15, 0.2) is 24.3 Å². The summed E-state index contributed by atoms with van der Waals surface area (Å²) in [4.78, 5) is 14.5. The number of rotatable bonds is 6. The largest absolute Gasteiger partial charge is 0.493 e. The van der Waals surface area contributed by atoms with Gasteiger partial charge in [-0.2, -0.15) is 8.78 Å². The molecule has 0 radical (unpaired) electrons. The standard InChI is InChI=1S/C19H23F2NO5/c1-24-15-7-4-5-13(17(15)27-19(20)21)8-9-16(23)22-10-3-2-6-14(22)18-25-11-12-26-18/h4-5,7-9,14,18-19H,2-3,6,10-12H2,1H3/b9-8+. The maximum Gasteiger partial charge on any atom is 0.387 e. The van der Waals surface area contributed by atoms with Gasteiger partial charge >= 0.3 is 6.61 Å². The van der Waals surface area contributed by atoms with Gasteiger partial charge in [-0.25, -0.2) is 0 Å². The monoisotopic (exact) mass is 383 g/mol. The fourth-order valence-electron chi connectivity index (χ4n) is 3.41. The van der Waals surface area contributed by atoms with Crippen LogP contribution in [0.4, 0.5) is 8.78 Å². The number of nitrogens with zero attached hydrogens (tertiary/aromatic N) is 1. The van der Waals surface area contributed by atoms with E-state index in [4.69, 9.17) is 14.2 Å². The lowest BCUT2D eigenvalue weighted by atomic mass is 10.0. The predicted octanol–water partition coefficient (Wildman–Crippen LogP) is 3.06. The number of carbonyl (C=O) groups excluding carboxylic acids is 1. The summed E-state index contributed by atoms with van der Waals surface area (Å²) in [5.41, 5.74) is 0.338. The van der Waals surface area contributed by atoms with Gasteiger partial charge in [0.2, 0.25) is 5.91 Å². The predicted molar refractivity (Wildman–Crippen MR) is 93.7 cm³/mol. The highest BCUT2D eigenvalue weighted by Crippen LogP contribution is 2.33. The Labute approximate surface area is 156 Å². The summed E-state index contributed by atoms with van der Waals surface area (Å²) in [5, 5.41) is 0. The van der Waals surface area contributed by atoms with Gasteiger partial charge in [-0.15, -0.1) is 0 Å². The first-order valence-electron chi connectivity index (χ1n) is 8.94. The van der Waals surface area contributed by atoms with E-state index in [9.17, 15) is 13.6 Å². The molecule has 2 heterocycles. The van der Waals surface area contributed by atoms with Crippen molar-refractivity contribution in [2.45, 2.75) is 38.2 Å². The van der Waals surface area contributed by atoms with Gasteiger partial charge in [0, 0.05) is 18.2 Å². The Morgan fingerprint density at radius 1 is 1.30 bits per heavy atom. The average Bonchev–Trinajstić information content (AvgIpc) is 3.21. The van der Waals surface area contributed by atoms with Crippen LogP contribution < -0.4 is 9.47 Å². The molecule has 2 saturated heterocycles. The average molecular weight is 383 g/mol. The first kappa shape index (κ1) is 19.6. The van der Waals surface area contributed by atoms with Gasteiger partial charge in [0.05, 0.1) is 26.4 Å². The number of para-hydroxylation sites is 1. The third kappa shape index (κ3) is 4.75. The molecule has 2 aliphatic rings. The second kappa shape index (κ2) is 9.14. The van der Waals surface area contributed by atoms with Crippen molar-refractivity contribution in [1.82, 2.24) is 4.90 Å². The number of piperidine rings is 1. The molecule has 1 aromatic rings. The molecular formula is C19H23F2NO5. The van der Waals surface area contributed by atoms with E-state index in [1.54, 1.807) is 17.0 Å². The number of alkyl halides is 2. The minimum Gasteiger partial charge on any atom is -0.493 e. The van der Waals surface area contributed by atoms with Gasteiger partial charge in [0.15, 0.2) is 17.8 Å². The van der Waals surface area contributed by atoms with Gasteiger partial charge in [0.25, 0.3) is 0 Å². The molecule has 3 rings (SSSR count). The molecule has 2 fully saturated rings. The summed E-state index contributed by atoms with van der Waals surface area (Å²) in [6, 6.07) is 4.61. The second-order valence-corrected chi connectivity index (χ2v) is 6.30. The van der Waals surface area contributed by atoms with Gasteiger partial charge in [-0.05, 0) is 31.4 Å². The Kier molecular flexibility index (Phi) is 6.63. The van der Waals surface area contributed by atoms with Crippen LogP contribution in [0.25, 0.3) is 6.08 Å². The van der Waals surface area contributed by atoms with E-state index in [0.717, 1.165) is 19.3 Å². The summed E-state index contributed by atoms with van der Waals surface area (Å²) in [5.74, 6) is -0.144. The maximum absolute atomic E-state index is 12.7. The van der Waals surface area contributed by atoms with E-state index in [1.807, 2.05) is 0 Å². The van der Waals surface area contributed by atoms with Crippen molar-refractivity contribution >= 4 is 12.0 Å². The zero-order chi connectivity index (χ0) is 19.2. The summed E-state index contributed by atoms with van der Waals surface area (Å²) >= 11 is 0. The van der Waals surface area contributed by atoms with Crippen LogP contribution in [-0.4, -0.2) is 56.6 Å². The van der Waals surface area contributed by atoms with Gasteiger partial charge in [-0.1, -0.05) is 12.1 Å². The molecule has 2 aliphatic heterocycles. The van der Waals surface area contributed by atoms with Crippen molar-refractivity contribution < 1.29 is 32.5 Å². The molecule has 0 bridgehead atoms. The van der Waals surface area contributed by atoms with Crippen molar-refractivity contribution in [1.29, 1.82) is 0 Å². The van der Waals surface area contributed by atoms with E-state index in [2.05, 4.69) is 4.74 Å². The second-order valence-electron chi connectivity index (χ2n) is 6.30. The number of carbonyl (C=O) groups is 1. The minimum absolute atomic E-state index is 0.100. The minimum atomic E-state index is -2.99. The van der Waals surface area contributed by atoms with Crippen LogP contribution in [0.3, 0.4) is 0 Å². The Bertz CT molecular complexity index is 676. The van der Waals surface area contributed by atoms with Crippen molar-refractivity contribution in [3.8, 4) is 11.5 Å². The SMILES string of the molecule is COc1cccc(/C=C/C(=O)N2CCCCC2C2OCCO2)c1OC(F)F. The Hall–Kier alpha value is -2.19. The maximum atomic E-state index is 12.7. The lowest BCUT2D eigenvalue weighted by Crippen LogP contribution is -2.49. The van der Waals surface area contributed by atoms with Crippen molar-refractivity contribution in [2.75, 3.05) is 26.9 Å². The molecule has 0 saturated carbocycles. The van der Waals surface area contributed by atoms with Crippen LogP contribution in [0, 0.1) is 0 Å². The molecular weight excluding hydrogens is 360 g/mol. The molecule has 8 heteroatoms. The molecule has 0 aromatic heterocycles. The molecule has 1 atom stereocenters. The number of ether oxygens (including phenoxy) is 4. The lowest BCUT2D eigenvalue weighted by molar-refractivity contribution is -0.145. The molecule has 1 unspecified atom stereocenters. The van der Waals surface area contributed by atoms with E-state index in [1.165, 1.54) is 25.3 Å². The van der Waals surface area contributed by atoms with Crippen molar-refractivity contribution in [3.05, 3.63) is 29.8 Å². The fraction of sp³-hybridized carbons (Fsp3) is 0.526. The number of hydrogen-bond donors (Lipinski definition) is 0. The number of methoxy groups -OCH3 is 1. The quantitative estimate of drug-likeness (QED) is 0.707. The summed E-state index contributed by atoms with van der Waals surface area (Å²) in [7, 11) is 1.37. The van der Waals surface area contributed by atoms with E-state index < -0.39 is 12.9 Å². The van der Waals surface area contributed by atoms with E-state index in [0.29, 0.717) is 25.3 Å². The fourth-order valence-corrected chi connectivity index (χ4v) is 3.41. The molecule has 27 heavy (non-hydrogen) atoms. The highest BCUT2D eigenvalue weighted by Gasteiger charge is 2.35. The van der Waals surface area contributed by atoms with Gasteiger partial charge in [0.1, 0.15) is 0 Å². The first-order chi connectivity index (χ1) is 13.1. The molecule has 1 amide bonds. The number of halogens is 2. The molecule has 148 valence electrons. The smallest absolute Gasteiger partial charge is 0.387 e. The van der Waals surface area contributed by atoms with Gasteiger partial charge in [-0.3, -0.25) is 4.79 Å². The normalized spacial score (nSPS) is 21.2. The van der Waals surface area contributed by atoms with Crippen LogP contribution >= 0.6 is 0 Å².